The number of nitrogens with two attached hydrogens (primary N) is 2. The number of carbonyl (C=O) groups excluding carboxylic acids is 1. The van der Waals surface area contributed by atoms with Gasteiger partial charge in [0.05, 0.1) is 10.5 Å². The number of nitrogen functional groups attached to an aromatic ring is 2. The second kappa shape index (κ2) is 7.25. The van der Waals surface area contributed by atoms with Gasteiger partial charge in [0.15, 0.2) is 0 Å². The van der Waals surface area contributed by atoms with Crippen LogP contribution in [0.4, 0.5) is 11.5 Å². The molecule has 0 aliphatic rings. The van der Waals surface area contributed by atoms with Gasteiger partial charge in [0.25, 0.3) is 10.0 Å². The van der Waals surface area contributed by atoms with E-state index in [1.807, 2.05) is 20.8 Å². The number of hydrogen-bond acceptors (Lipinski definition) is 7. The Bertz CT molecular complexity index is 1140. The molecule has 1 aromatic heterocycles. The van der Waals surface area contributed by atoms with Gasteiger partial charge in [-0.15, -0.1) is 9.19 Å². The van der Waals surface area contributed by atoms with Crippen molar-refractivity contribution in [1.29, 1.82) is 0 Å². The molecule has 0 aliphatic carbocycles. The topological polar surface area (TPSA) is 130 Å². The highest BCUT2D eigenvalue weighted by Crippen LogP contribution is 2.26. The van der Waals surface area contributed by atoms with Crippen LogP contribution in [0, 0.1) is 0 Å². The number of anilines is 2. The summed E-state index contributed by atoms with van der Waals surface area (Å²) in [6.45, 7) is 6.09. The van der Waals surface area contributed by atoms with E-state index in [4.69, 9.17) is 16.2 Å². The van der Waals surface area contributed by atoms with Crippen molar-refractivity contribution in [1.82, 2.24) is 9.19 Å². The minimum absolute atomic E-state index is 0.0247. The fourth-order valence-corrected chi connectivity index (χ4v) is 3.80. The molecule has 8 nitrogen and oxygen atoms in total. The van der Waals surface area contributed by atoms with E-state index in [2.05, 4.69) is 5.10 Å². The average Bonchev–Trinajstić information content (AvgIpc) is 3.02. The molecule has 0 unspecified atom stereocenters. The minimum atomic E-state index is -4.04. The Morgan fingerprint density at radius 1 is 1.00 bits per heavy atom. The highest BCUT2D eigenvalue weighted by molar-refractivity contribution is 7.90. The number of carbonyl (C=O) groups is 1. The zero-order valence-electron chi connectivity index (χ0n) is 16.3. The van der Waals surface area contributed by atoms with E-state index in [-0.39, 0.29) is 27.6 Å². The molecule has 0 saturated heterocycles. The molecule has 3 aromatic rings. The van der Waals surface area contributed by atoms with Gasteiger partial charge >= 0.3 is 5.97 Å². The smallest absolute Gasteiger partial charge is 0.344 e. The quantitative estimate of drug-likeness (QED) is 0.496. The second-order valence-electron chi connectivity index (χ2n) is 7.54. The summed E-state index contributed by atoms with van der Waals surface area (Å²) in [5, 5.41) is 3.85. The van der Waals surface area contributed by atoms with Gasteiger partial charge in [-0.3, -0.25) is 0 Å². The Labute approximate surface area is 169 Å². The third kappa shape index (κ3) is 4.24. The summed E-state index contributed by atoms with van der Waals surface area (Å²) in [7, 11) is -4.04. The maximum Gasteiger partial charge on any atom is 0.344 e. The number of hydrogen-bond donors (Lipinski definition) is 2. The first kappa shape index (κ1) is 20.4. The van der Waals surface area contributed by atoms with E-state index in [1.54, 1.807) is 24.3 Å². The Kier molecular flexibility index (Phi) is 5.10. The van der Waals surface area contributed by atoms with Crippen molar-refractivity contribution in [3.05, 3.63) is 65.7 Å². The summed E-state index contributed by atoms with van der Waals surface area (Å²) >= 11 is 0. The molecular weight excluding hydrogens is 392 g/mol. The van der Waals surface area contributed by atoms with Crippen LogP contribution in [0.5, 0.6) is 5.88 Å². The molecule has 0 bridgehead atoms. The zero-order valence-corrected chi connectivity index (χ0v) is 17.1. The molecule has 2 aromatic carbocycles. The number of rotatable bonds is 4. The van der Waals surface area contributed by atoms with Crippen LogP contribution >= 0.6 is 0 Å². The molecule has 0 aliphatic heterocycles. The van der Waals surface area contributed by atoms with Crippen LogP contribution in [0.15, 0.2) is 59.5 Å². The van der Waals surface area contributed by atoms with Crippen molar-refractivity contribution in [2.45, 2.75) is 31.1 Å². The van der Waals surface area contributed by atoms with Crippen LogP contribution in [-0.4, -0.2) is 23.6 Å². The third-order valence-electron chi connectivity index (χ3n) is 4.27. The van der Waals surface area contributed by atoms with Crippen molar-refractivity contribution in [3.8, 4) is 5.88 Å². The molecule has 1 heterocycles. The normalized spacial score (nSPS) is 12.0. The second-order valence-corrected chi connectivity index (χ2v) is 9.31. The van der Waals surface area contributed by atoms with Gasteiger partial charge < -0.3 is 16.2 Å². The lowest BCUT2D eigenvalue weighted by molar-refractivity contribution is 0.0727. The fraction of sp³-hybridized carbons (Fsp3) is 0.200. The lowest BCUT2D eigenvalue weighted by Gasteiger charge is -2.19. The highest BCUT2D eigenvalue weighted by Gasteiger charge is 2.24. The first-order valence-corrected chi connectivity index (χ1v) is 10.2. The number of ether oxygens (including phenoxy) is 1. The monoisotopic (exact) mass is 414 g/mol. The number of esters is 1. The molecule has 4 N–H and O–H groups in total. The number of benzene rings is 2. The van der Waals surface area contributed by atoms with E-state index in [1.165, 1.54) is 30.3 Å². The Morgan fingerprint density at radius 3 is 2.14 bits per heavy atom. The molecule has 0 saturated carbocycles. The predicted octanol–water partition coefficient (Wildman–Crippen LogP) is 2.80. The third-order valence-corrected chi connectivity index (χ3v) is 5.89. The molecule has 3 rings (SSSR count). The lowest BCUT2D eigenvalue weighted by Crippen LogP contribution is -2.18. The molecule has 0 atom stereocenters. The van der Waals surface area contributed by atoms with Gasteiger partial charge in [-0.25, -0.2) is 4.79 Å². The summed E-state index contributed by atoms with van der Waals surface area (Å²) in [6, 6.07) is 13.7. The van der Waals surface area contributed by atoms with Crippen molar-refractivity contribution in [2.24, 2.45) is 0 Å². The zero-order chi connectivity index (χ0) is 21.4. The summed E-state index contributed by atoms with van der Waals surface area (Å²) in [5.41, 5.74) is 13.0. The largest absolute Gasteiger partial charge is 0.402 e. The van der Waals surface area contributed by atoms with E-state index < -0.39 is 16.0 Å². The molecule has 29 heavy (non-hydrogen) atoms. The van der Waals surface area contributed by atoms with Crippen LogP contribution < -0.4 is 16.2 Å². The molecule has 152 valence electrons. The first-order valence-electron chi connectivity index (χ1n) is 8.78. The summed E-state index contributed by atoms with van der Waals surface area (Å²) < 4.78 is 31.6. The lowest BCUT2D eigenvalue weighted by atomic mass is 9.87. The van der Waals surface area contributed by atoms with Crippen LogP contribution in [0.3, 0.4) is 0 Å². The minimum Gasteiger partial charge on any atom is -0.402 e. The van der Waals surface area contributed by atoms with Crippen molar-refractivity contribution in [2.75, 3.05) is 11.5 Å². The van der Waals surface area contributed by atoms with Crippen LogP contribution in [0.25, 0.3) is 0 Å². The predicted molar refractivity (Wildman–Crippen MR) is 110 cm³/mol. The Hall–Kier alpha value is -3.33. The van der Waals surface area contributed by atoms with Gasteiger partial charge in [-0.2, -0.15) is 8.42 Å². The van der Waals surface area contributed by atoms with E-state index in [9.17, 15) is 13.2 Å². The van der Waals surface area contributed by atoms with E-state index in [0.29, 0.717) is 9.77 Å². The molecule has 0 fully saturated rings. The molecule has 0 radical (unpaired) electrons. The molecular formula is C20H22N4O4S. The van der Waals surface area contributed by atoms with Gasteiger partial charge in [-0.05, 0) is 47.4 Å². The standard InChI is InChI=1S/C20H22N4O4S/c1-20(2,3)14-6-10-16(11-7-14)29(26,27)24-17(22)12-18(23-24)28-19(25)13-4-8-15(21)9-5-13/h4-12H,21-22H2,1-3H3. The molecule has 9 heteroatoms. The van der Waals surface area contributed by atoms with Crippen LogP contribution in [0.1, 0.15) is 36.7 Å². The Balaban J connectivity index is 1.87. The fourth-order valence-electron chi connectivity index (χ4n) is 2.60. The average molecular weight is 414 g/mol. The summed E-state index contributed by atoms with van der Waals surface area (Å²) in [5.74, 6) is -1.11. The maximum atomic E-state index is 12.9. The molecule has 0 spiro atoms. The first-order chi connectivity index (χ1) is 13.5. The van der Waals surface area contributed by atoms with E-state index in [0.717, 1.165) is 5.56 Å². The van der Waals surface area contributed by atoms with E-state index >= 15 is 0 Å². The number of aromatic nitrogens is 2. The van der Waals surface area contributed by atoms with Crippen molar-refractivity contribution in [3.63, 3.8) is 0 Å². The van der Waals surface area contributed by atoms with Crippen LogP contribution in [-0.2, 0) is 15.4 Å². The summed E-state index contributed by atoms with van der Waals surface area (Å²) in [4.78, 5) is 12.2. The van der Waals surface area contributed by atoms with Crippen LogP contribution in [0.2, 0.25) is 0 Å². The highest BCUT2D eigenvalue weighted by atomic mass is 32.2. The Morgan fingerprint density at radius 2 is 1.59 bits per heavy atom. The van der Waals surface area contributed by atoms with Crippen molar-refractivity contribution < 1.29 is 17.9 Å². The van der Waals surface area contributed by atoms with Gasteiger partial charge in [-0.1, -0.05) is 32.9 Å². The van der Waals surface area contributed by atoms with Gasteiger partial charge in [0.2, 0.25) is 5.88 Å². The van der Waals surface area contributed by atoms with Crippen molar-refractivity contribution >= 4 is 27.5 Å². The molecule has 0 amide bonds. The maximum absolute atomic E-state index is 12.9. The van der Waals surface area contributed by atoms with Gasteiger partial charge in [0.1, 0.15) is 5.82 Å². The number of nitrogens with zero attached hydrogens (tertiary/aromatic N) is 2. The summed E-state index contributed by atoms with van der Waals surface area (Å²) in [6.07, 6.45) is 0. The SMILES string of the molecule is CC(C)(C)c1ccc(S(=O)(=O)n2nc(OC(=O)c3ccc(N)cc3)cc2N)cc1. The van der Waals surface area contributed by atoms with Gasteiger partial charge in [0, 0.05) is 11.8 Å².